The van der Waals surface area contributed by atoms with Crippen LogP contribution in [-0.2, 0) is 0 Å². The van der Waals surface area contributed by atoms with Crippen molar-refractivity contribution in [1.29, 1.82) is 0 Å². The molecule has 0 spiro atoms. The van der Waals surface area contributed by atoms with Gasteiger partial charge in [0.25, 0.3) is 11.8 Å². The van der Waals surface area contributed by atoms with Gasteiger partial charge < -0.3 is 4.74 Å². The van der Waals surface area contributed by atoms with Crippen LogP contribution in [0.15, 0.2) is 48.5 Å². The summed E-state index contributed by atoms with van der Waals surface area (Å²) in [7, 11) is 0. The Morgan fingerprint density at radius 1 is 0.808 bits per heavy atom. The van der Waals surface area contributed by atoms with E-state index >= 15 is 0 Å². The lowest BCUT2D eigenvalue weighted by Crippen LogP contribution is -2.33. The number of amides is 2. The molecule has 26 heavy (non-hydrogen) atoms. The Morgan fingerprint density at radius 2 is 1.42 bits per heavy atom. The molecule has 5 heteroatoms. The maximum absolute atomic E-state index is 12.7. The predicted octanol–water partition coefficient (Wildman–Crippen LogP) is 3.35. The Hall–Kier alpha value is -2.66. The molecule has 0 bridgehead atoms. The molecule has 2 aromatic rings. The third kappa shape index (κ3) is 3.10. The molecule has 0 atom stereocenters. The Morgan fingerprint density at radius 3 is 2.12 bits per heavy atom. The largest absolute Gasteiger partial charge is 0.490 e. The van der Waals surface area contributed by atoms with Crippen molar-refractivity contribution < 1.29 is 14.3 Å². The Bertz CT molecular complexity index is 793. The third-order valence-corrected chi connectivity index (χ3v) is 5.01. The Balaban J connectivity index is 1.51. The zero-order valence-electron chi connectivity index (χ0n) is 14.7. The van der Waals surface area contributed by atoms with E-state index in [9.17, 15) is 9.59 Å². The summed E-state index contributed by atoms with van der Waals surface area (Å²) in [4.78, 5) is 29.1. The van der Waals surface area contributed by atoms with Crippen LogP contribution in [0.1, 0.15) is 40.0 Å². The molecular formula is C21H22N2O3. The number of likely N-dealkylation sites (tertiary alicyclic amines) is 1. The van der Waals surface area contributed by atoms with Gasteiger partial charge in [-0.25, -0.2) is 4.90 Å². The molecule has 5 nitrogen and oxygen atoms in total. The quantitative estimate of drug-likeness (QED) is 0.776. The number of hydrogen-bond acceptors (Lipinski definition) is 4. The highest BCUT2D eigenvalue weighted by atomic mass is 16.5. The summed E-state index contributed by atoms with van der Waals surface area (Å²) in [5, 5.41) is 0. The standard InChI is InChI=1S/C21H22N2O3/c24-20-16-8-2-3-9-17(16)21(25)23(20)18-10-4-5-11-19(18)26-15-14-22-12-6-1-7-13-22/h2-5,8-11H,1,6-7,12-15H2. The minimum Gasteiger partial charge on any atom is -0.490 e. The van der Waals surface area contributed by atoms with Gasteiger partial charge in [0.05, 0.1) is 16.8 Å². The van der Waals surface area contributed by atoms with Crippen molar-refractivity contribution >= 4 is 17.5 Å². The normalized spacial score (nSPS) is 17.5. The van der Waals surface area contributed by atoms with Crippen LogP contribution in [0.2, 0.25) is 0 Å². The molecule has 1 saturated heterocycles. The van der Waals surface area contributed by atoms with Gasteiger partial charge in [-0.1, -0.05) is 30.7 Å². The van der Waals surface area contributed by atoms with Crippen molar-refractivity contribution in [1.82, 2.24) is 4.90 Å². The monoisotopic (exact) mass is 350 g/mol. The number of rotatable bonds is 5. The molecule has 2 amide bonds. The van der Waals surface area contributed by atoms with Crippen molar-refractivity contribution in [2.75, 3.05) is 31.1 Å². The van der Waals surface area contributed by atoms with Crippen LogP contribution in [0, 0.1) is 0 Å². The maximum atomic E-state index is 12.7. The minimum atomic E-state index is -0.294. The maximum Gasteiger partial charge on any atom is 0.266 e. The summed E-state index contributed by atoms with van der Waals surface area (Å²) in [6.07, 6.45) is 3.79. The Kier molecular flexibility index (Phi) is 4.71. The van der Waals surface area contributed by atoms with E-state index in [4.69, 9.17) is 4.74 Å². The number of fused-ring (bicyclic) bond motifs is 1. The molecule has 4 rings (SSSR count). The summed E-state index contributed by atoms with van der Waals surface area (Å²) in [5.74, 6) is -0.0191. The fraction of sp³-hybridized carbons (Fsp3) is 0.333. The summed E-state index contributed by atoms with van der Waals surface area (Å²) in [6, 6.07) is 14.2. The van der Waals surface area contributed by atoms with Crippen LogP contribution < -0.4 is 9.64 Å². The highest BCUT2D eigenvalue weighted by Crippen LogP contribution is 2.34. The highest BCUT2D eigenvalue weighted by molar-refractivity contribution is 6.34. The first-order valence-corrected chi connectivity index (χ1v) is 9.18. The number of nitrogens with zero attached hydrogens (tertiary/aromatic N) is 2. The number of imide groups is 1. The molecule has 0 aliphatic carbocycles. The van der Waals surface area contributed by atoms with Crippen molar-refractivity contribution in [2.24, 2.45) is 0 Å². The molecule has 0 radical (unpaired) electrons. The minimum absolute atomic E-state index is 0.294. The topological polar surface area (TPSA) is 49.9 Å². The van der Waals surface area contributed by atoms with Crippen LogP contribution in [0.4, 0.5) is 5.69 Å². The first kappa shape index (κ1) is 16.8. The predicted molar refractivity (Wildman–Crippen MR) is 99.8 cm³/mol. The molecule has 2 aromatic carbocycles. The number of carbonyl (C=O) groups excluding carboxylic acids is 2. The van der Waals surface area contributed by atoms with Crippen LogP contribution in [0.25, 0.3) is 0 Å². The van der Waals surface area contributed by atoms with E-state index in [0.29, 0.717) is 29.2 Å². The molecule has 2 aliphatic rings. The number of anilines is 1. The van der Waals surface area contributed by atoms with Crippen molar-refractivity contribution in [3.8, 4) is 5.75 Å². The number of para-hydroxylation sites is 2. The van der Waals surface area contributed by atoms with Crippen molar-refractivity contribution in [2.45, 2.75) is 19.3 Å². The van der Waals surface area contributed by atoms with E-state index in [0.717, 1.165) is 19.6 Å². The van der Waals surface area contributed by atoms with Gasteiger partial charge in [0, 0.05) is 6.54 Å². The molecule has 134 valence electrons. The van der Waals surface area contributed by atoms with Crippen molar-refractivity contribution in [3.63, 3.8) is 0 Å². The average Bonchev–Trinajstić information content (AvgIpc) is 2.94. The van der Waals surface area contributed by atoms with Crippen LogP contribution >= 0.6 is 0 Å². The lowest BCUT2D eigenvalue weighted by Gasteiger charge is -2.26. The van der Waals surface area contributed by atoms with Gasteiger partial charge in [-0.3, -0.25) is 14.5 Å². The average molecular weight is 350 g/mol. The van der Waals surface area contributed by atoms with E-state index in [-0.39, 0.29) is 11.8 Å². The molecule has 2 aliphatic heterocycles. The lowest BCUT2D eigenvalue weighted by atomic mass is 10.1. The zero-order valence-corrected chi connectivity index (χ0v) is 14.7. The first-order valence-electron chi connectivity index (χ1n) is 9.18. The Labute approximate surface area is 153 Å². The van der Waals surface area contributed by atoms with Crippen LogP contribution in [0.5, 0.6) is 5.75 Å². The van der Waals surface area contributed by atoms with E-state index in [2.05, 4.69) is 4.90 Å². The van der Waals surface area contributed by atoms with Gasteiger partial charge in [-0.05, 0) is 50.2 Å². The van der Waals surface area contributed by atoms with E-state index in [1.807, 2.05) is 18.2 Å². The zero-order chi connectivity index (χ0) is 17.9. The van der Waals surface area contributed by atoms with Crippen LogP contribution in [-0.4, -0.2) is 43.0 Å². The second-order valence-corrected chi connectivity index (χ2v) is 6.71. The molecule has 1 fully saturated rings. The van der Waals surface area contributed by atoms with Gasteiger partial charge in [0.2, 0.25) is 0 Å². The van der Waals surface area contributed by atoms with Gasteiger partial charge >= 0.3 is 0 Å². The van der Waals surface area contributed by atoms with Gasteiger partial charge in [-0.15, -0.1) is 0 Å². The fourth-order valence-electron chi connectivity index (χ4n) is 3.64. The second kappa shape index (κ2) is 7.30. The van der Waals surface area contributed by atoms with Gasteiger partial charge in [0.15, 0.2) is 0 Å². The molecular weight excluding hydrogens is 328 g/mol. The van der Waals surface area contributed by atoms with Gasteiger partial charge in [-0.2, -0.15) is 0 Å². The molecule has 0 N–H and O–H groups in total. The third-order valence-electron chi connectivity index (χ3n) is 5.01. The van der Waals surface area contributed by atoms with E-state index in [1.165, 1.54) is 24.2 Å². The van der Waals surface area contributed by atoms with Crippen molar-refractivity contribution in [3.05, 3.63) is 59.7 Å². The molecule has 0 aromatic heterocycles. The number of piperidine rings is 1. The summed E-state index contributed by atoms with van der Waals surface area (Å²) >= 11 is 0. The SMILES string of the molecule is O=C1c2ccccc2C(=O)N1c1ccccc1OCCN1CCCCC1. The lowest BCUT2D eigenvalue weighted by molar-refractivity contribution is 0.0924. The summed E-state index contributed by atoms with van der Waals surface area (Å²) in [6.45, 7) is 3.63. The van der Waals surface area contributed by atoms with E-state index < -0.39 is 0 Å². The number of hydrogen-bond donors (Lipinski definition) is 0. The smallest absolute Gasteiger partial charge is 0.266 e. The summed E-state index contributed by atoms with van der Waals surface area (Å²) < 4.78 is 5.96. The number of carbonyl (C=O) groups is 2. The van der Waals surface area contributed by atoms with E-state index in [1.54, 1.807) is 30.3 Å². The first-order chi connectivity index (χ1) is 12.8. The number of benzene rings is 2. The fourth-order valence-corrected chi connectivity index (χ4v) is 3.64. The van der Waals surface area contributed by atoms with Gasteiger partial charge in [0.1, 0.15) is 12.4 Å². The molecule has 0 unspecified atom stereocenters. The van der Waals surface area contributed by atoms with Crippen LogP contribution in [0.3, 0.4) is 0 Å². The summed E-state index contributed by atoms with van der Waals surface area (Å²) in [5.41, 5.74) is 1.40. The highest BCUT2D eigenvalue weighted by Gasteiger charge is 2.37. The molecule has 2 heterocycles. The second-order valence-electron chi connectivity index (χ2n) is 6.71. The number of ether oxygens (including phenoxy) is 1. The molecule has 0 saturated carbocycles.